The van der Waals surface area contributed by atoms with Crippen LogP contribution in [0.15, 0.2) is 0 Å². The second-order valence-corrected chi connectivity index (χ2v) is 1.15. The van der Waals surface area contributed by atoms with Crippen molar-refractivity contribution in [2.24, 2.45) is 0 Å². The zero-order valence-corrected chi connectivity index (χ0v) is 8.87. The standard InChI is InChI=1S/2C3H7.2Cu.S/c2*1-3-2;;;/h2*3H,1-2H3;;;/q2*-1;2*+2;-2. The summed E-state index contributed by atoms with van der Waals surface area (Å²) < 4.78 is 0. The van der Waals surface area contributed by atoms with Gasteiger partial charge in [-0.2, -0.15) is 27.7 Å². The molecular weight excluding hydrogens is 231 g/mol. The topological polar surface area (TPSA) is 0 Å². The Kier molecular flexibility index (Phi) is 202. The zero-order valence-electron chi connectivity index (χ0n) is 6.17. The summed E-state index contributed by atoms with van der Waals surface area (Å²) in [5, 5.41) is 0. The van der Waals surface area contributed by atoms with E-state index in [2.05, 4.69) is 0 Å². The first-order valence-corrected chi connectivity index (χ1v) is 2.31. The summed E-state index contributed by atoms with van der Waals surface area (Å²) in [7, 11) is 0. The third kappa shape index (κ3) is 266. The molecule has 0 saturated carbocycles. The summed E-state index contributed by atoms with van der Waals surface area (Å²) in [4.78, 5) is 0. The van der Waals surface area contributed by atoms with E-state index in [0.29, 0.717) is 0 Å². The van der Waals surface area contributed by atoms with Gasteiger partial charge >= 0.3 is 34.1 Å². The van der Waals surface area contributed by atoms with Crippen LogP contribution in [0, 0.1) is 12.8 Å². The molecule has 0 bridgehead atoms. The third-order valence-corrected chi connectivity index (χ3v) is 0. The maximum atomic E-state index is 2.00. The van der Waals surface area contributed by atoms with Crippen LogP contribution in [-0.4, -0.2) is 0 Å². The average molecular weight is 245 g/mol. The molecule has 0 aliphatic heterocycles. The van der Waals surface area contributed by atoms with Crippen molar-refractivity contribution in [1.82, 2.24) is 0 Å². The molecule has 66 valence electrons. The molecule has 0 aromatic heterocycles. The van der Waals surface area contributed by atoms with Gasteiger partial charge < -0.3 is 26.3 Å². The van der Waals surface area contributed by atoms with Gasteiger partial charge in [0.05, 0.1) is 0 Å². The molecule has 9 heavy (non-hydrogen) atoms. The fourth-order valence-corrected chi connectivity index (χ4v) is 0. The minimum atomic E-state index is 0. The maximum Gasteiger partial charge on any atom is 2.00 e. The van der Waals surface area contributed by atoms with Crippen molar-refractivity contribution in [2.75, 3.05) is 0 Å². The van der Waals surface area contributed by atoms with E-state index in [-0.39, 0.29) is 47.6 Å². The summed E-state index contributed by atoms with van der Waals surface area (Å²) in [5.74, 6) is 0. The van der Waals surface area contributed by atoms with Gasteiger partial charge in [-0.05, 0) is 0 Å². The van der Waals surface area contributed by atoms with Crippen LogP contribution in [0.2, 0.25) is 0 Å². The van der Waals surface area contributed by atoms with Gasteiger partial charge in [0.2, 0.25) is 0 Å². The van der Waals surface area contributed by atoms with E-state index in [9.17, 15) is 0 Å². The fraction of sp³-hybridized carbons (Fsp3) is 0.667. The Hall–Kier alpha value is 1.39. The Morgan fingerprint density at radius 2 is 0.667 bits per heavy atom. The van der Waals surface area contributed by atoms with Crippen molar-refractivity contribution in [3.05, 3.63) is 12.8 Å². The van der Waals surface area contributed by atoms with Gasteiger partial charge in [0.1, 0.15) is 0 Å². The Morgan fingerprint density at radius 3 is 0.667 bits per heavy atom. The van der Waals surface area contributed by atoms with Crippen LogP contribution >= 0.6 is 0 Å². The second-order valence-electron chi connectivity index (χ2n) is 1.15. The Balaban J connectivity index is -0.00000000889. The molecule has 0 saturated heterocycles. The Morgan fingerprint density at radius 1 is 0.667 bits per heavy atom. The predicted molar refractivity (Wildman–Crippen MR) is 38.7 cm³/mol. The van der Waals surface area contributed by atoms with Crippen LogP contribution in [0.25, 0.3) is 0 Å². The smallest absolute Gasteiger partial charge is 2.00 e. The molecule has 0 aromatic rings. The van der Waals surface area contributed by atoms with E-state index in [1.165, 1.54) is 0 Å². The quantitative estimate of drug-likeness (QED) is 0.454. The maximum absolute atomic E-state index is 2.00. The molecule has 0 nitrogen and oxygen atoms in total. The first-order chi connectivity index (χ1) is 2.83. The summed E-state index contributed by atoms with van der Waals surface area (Å²) in [5.41, 5.74) is 0. The van der Waals surface area contributed by atoms with Crippen molar-refractivity contribution in [2.45, 2.75) is 27.7 Å². The van der Waals surface area contributed by atoms with E-state index in [4.69, 9.17) is 0 Å². The summed E-state index contributed by atoms with van der Waals surface area (Å²) in [6.45, 7) is 8.00. The largest absolute Gasteiger partial charge is 2.00 e. The van der Waals surface area contributed by atoms with E-state index >= 15 is 0 Å². The molecule has 0 aromatic carbocycles. The van der Waals surface area contributed by atoms with E-state index in [0.717, 1.165) is 0 Å². The normalized spacial score (nSPS) is 4.00. The molecule has 0 heterocycles. The Bertz CT molecular complexity index is 13.0. The van der Waals surface area contributed by atoms with Gasteiger partial charge in [-0.1, -0.05) is 0 Å². The van der Waals surface area contributed by atoms with Gasteiger partial charge in [-0.3, -0.25) is 0 Å². The van der Waals surface area contributed by atoms with Gasteiger partial charge in [0.25, 0.3) is 0 Å². The molecule has 0 spiro atoms. The zero-order chi connectivity index (χ0) is 5.41. The third-order valence-electron chi connectivity index (χ3n) is 0. The summed E-state index contributed by atoms with van der Waals surface area (Å²) >= 11 is 0. The first-order valence-electron chi connectivity index (χ1n) is 2.31. The summed E-state index contributed by atoms with van der Waals surface area (Å²) in [6, 6.07) is 0. The van der Waals surface area contributed by atoms with Crippen molar-refractivity contribution in [3.63, 3.8) is 0 Å². The molecule has 2 radical (unpaired) electrons. The molecule has 0 atom stereocenters. The van der Waals surface area contributed by atoms with Gasteiger partial charge in [-0.25, -0.2) is 0 Å². The molecule has 0 N–H and O–H groups in total. The van der Waals surface area contributed by atoms with Crippen molar-refractivity contribution in [3.8, 4) is 0 Å². The molecule has 0 amide bonds. The van der Waals surface area contributed by atoms with Crippen molar-refractivity contribution >= 4 is 13.5 Å². The van der Waals surface area contributed by atoms with Crippen LogP contribution in [0.1, 0.15) is 27.7 Å². The SMILES string of the molecule is C[CH-]C.C[CH-]C.[Cu+2].[Cu+2].[S-2]. The summed E-state index contributed by atoms with van der Waals surface area (Å²) in [6.07, 6.45) is 4.00. The molecule has 3 heteroatoms. The van der Waals surface area contributed by atoms with Crippen molar-refractivity contribution < 1.29 is 34.1 Å². The molecule has 0 rings (SSSR count). The monoisotopic (exact) mass is 244 g/mol. The number of rotatable bonds is 0. The van der Waals surface area contributed by atoms with Crippen molar-refractivity contribution in [1.29, 1.82) is 0 Å². The average Bonchev–Trinajstić information content (AvgIpc) is 1.39. The minimum absolute atomic E-state index is 0. The second kappa shape index (κ2) is 57.5. The minimum Gasteiger partial charge on any atom is -2.00 e. The molecule has 0 aliphatic rings. The van der Waals surface area contributed by atoms with Crippen LogP contribution in [0.5, 0.6) is 0 Å². The Labute approximate surface area is 88.0 Å². The van der Waals surface area contributed by atoms with Crippen LogP contribution < -0.4 is 0 Å². The van der Waals surface area contributed by atoms with Gasteiger partial charge in [-0.15, -0.1) is 0 Å². The molecule has 0 unspecified atom stereocenters. The van der Waals surface area contributed by atoms with Gasteiger partial charge in [0.15, 0.2) is 0 Å². The van der Waals surface area contributed by atoms with Gasteiger partial charge in [0, 0.05) is 0 Å². The predicted octanol–water partition coefficient (Wildman–Crippen LogP) is 2.45. The molecule has 0 aliphatic carbocycles. The number of hydrogen-bond donors (Lipinski definition) is 0. The fourth-order valence-electron chi connectivity index (χ4n) is 0. The van der Waals surface area contributed by atoms with Crippen LogP contribution in [0.3, 0.4) is 0 Å². The molecular formula is C6H14Cu2S. The molecule has 0 fully saturated rings. The van der Waals surface area contributed by atoms with E-state index in [1.54, 1.807) is 0 Å². The number of hydrogen-bond acceptors (Lipinski definition) is 0. The van der Waals surface area contributed by atoms with Crippen LogP contribution in [-0.2, 0) is 47.6 Å². The van der Waals surface area contributed by atoms with E-state index < -0.39 is 0 Å². The van der Waals surface area contributed by atoms with Crippen LogP contribution in [0.4, 0.5) is 0 Å². The first kappa shape index (κ1) is 31.5. The van der Waals surface area contributed by atoms with E-state index in [1.807, 2.05) is 40.5 Å².